The third-order valence-electron chi connectivity index (χ3n) is 7.18. The molecule has 3 aromatic rings. The number of ether oxygens (including phenoxy) is 1. The summed E-state index contributed by atoms with van der Waals surface area (Å²) in [5, 5.41) is 3.81. The molecule has 2 saturated heterocycles. The highest BCUT2D eigenvalue weighted by molar-refractivity contribution is 7.80. The minimum atomic E-state index is 0.658. The van der Waals surface area contributed by atoms with Crippen LogP contribution in [-0.2, 0) is 0 Å². The molecule has 1 aromatic heterocycles. The number of hydrogen-bond acceptors (Lipinski definition) is 4. The third-order valence-corrected chi connectivity index (χ3v) is 8.61. The molecule has 0 bridgehead atoms. The molecule has 2 unspecified atom stereocenters. The first-order chi connectivity index (χ1) is 15.2. The second kappa shape index (κ2) is 9.56. The molecular formula is C27H33NOS2. The van der Waals surface area contributed by atoms with Gasteiger partial charge in [-0.05, 0) is 97.8 Å². The van der Waals surface area contributed by atoms with Gasteiger partial charge < -0.3 is 9.64 Å². The van der Waals surface area contributed by atoms with Gasteiger partial charge in [0.1, 0.15) is 5.75 Å². The molecule has 0 saturated carbocycles. The summed E-state index contributed by atoms with van der Waals surface area (Å²) >= 11 is 6.97. The zero-order chi connectivity index (χ0) is 21.2. The Balaban J connectivity index is 1.44. The second-order valence-corrected chi connectivity index (χ2v) is 10.5. The first-order valence-corrected chi connectivity index (χ1v) is 13.3. The molecule has 0 spiro atoms. The molecular weight excluding hydrogens is 418 g/mol. The number of rotatable bonds is 5. The molecule has 0 amide bonds. The van der Waals surface area contributed by atoms with Crippen molar-refractivity contribution in [1.29, 1.82) is 0 Å². The smallest absolute Gasteiger partial charge is 0.119 e. The Morgan fingerprint density at radius 1 is 1.00 bits per heavy atom. The largest absolute Gasteiger partial charge is 0.494 e. The highest BCUT2D eigenvalue weighted by Gasteiger charge is 2.29. The maximum Gasteiger partial charge on any atom is 0.119 e. The van der Waals surface area contributed by atoms with Crippen molar-refractivity contribution in [2.75, 3.05) is 19.7 Å². The average molecular weight is 452 g/mol. The van der Waals surface area contributed by atoms with Gasteiger partial charge in [0.25, 0.3) is 0 Å². The molecule has 2 aliphatic rings. The quantitative estimate of drug-likeness (QED) is 0.398. The number of thiol groups is 1. The van der Waals surface area contributed by atoms with E-state index in [-0.39, 0.29) is 0 Å². The van der Waals surface area contributed by atoms with Crippen molar-refractivity contribution in [3.63, 3.8) is 0 Å². The van der Waals surface area contributed by atoms with Gasteiger partial charge in [0.2, 0.25) is 0 Å². The fourth-order valence-electron chi connectivity index (χ4n) is 5.47. The lowest BCUT2D eigenvalue weighted by molar-refractivity contribution is 0.151. The Hall–Kier alpha value is -1.49. The summed E-state index contributed by atoms with van der Waals surface area (Å²) in [6.45, 7) is 5.46. The average Bonchev–Trinajstić information content (AvgIpc) is 3.12. The Morgan fingerprint density at radius 2 is 1.87 bits per heavy atom. The lowest BCUT2D eigenvalue weighted by Crippen LogP contribution is -2.38. The van der Waals surface area contributed by atoms with Gasteiger partial charge in [-0.2, -0.15) is 0 Å². The Bertz CT molecular complexity index is 1010. The van der Waals surface area contributed by atoms with Crippen LogP contribution in [0.2, 0.25) is 0 Å². The van der Waals surface area contributed by atoms with Crippen LogP contribution in [0.3, 0.4) is 0 Å². The molecule has 0 N–H and O–H groups in total. The predicted octanol–water partition coefficient (Wildman–Crippen LogP) is 7.77. The minimum absolute atomic E-state index is 0.658. The van der Waals surface area contributed by atoms with Crippen molar-refractivity contribution in [3.05, 3.63) is 47.3 Å². The van der Waals surface area contributed by atoms with E-state index in [1.54, 1.807) is 0 Å². The van der Waals surface area contributed by atoms with Crippen LogP contribution in [0.5, 0.6) is 5.75 Å². The van der Waals surface area contributed by atoms with Crippen LogP contribution < -0.4 is 4.74 Å². The molecule has 2 atom stereocenters. The van der Waals surface area contributed by atoms with Crippen molar-refractivity contribution in [2.24, 2.45) is 0 Å². The van der Waals surface area contributed by atoms with Gasteiger partial charge in [-0.25, -0.2) is 0 Å². The predicted molar refractivity (Wildman–Crippen MR) is 136 cm³/mol. The van der Waals surface area contributed by atoms with E-state index in [1.807, 2.05) is 11.3 Å². The standard InChI is InChI=1S/C27H33NOS2/c1-2-17-29-22-10-7-19(8-11-22)23-12-13-25-26(27(23)30)24(18-31-25)20-6-9-21-5-3-4-15-28(21)16-14-20/h7-8,10-13,18,20-21,30H,2-6,9,14-17H2,1H3. The summed E-state index contributed by atoms with van der Waals surface area (Å²) in [6, 6.07) is 13.9. The number of benzene rings is 2. The third kappa shape index (κ3) is 4.40. The lowest BCUT2D eigenvalue weighted by atomic mass is 9.89. The van der Waals surface area contributed by atoms with E-state index in [2.05, 4.69) is 53.6 Å². The Labute approximate surface area is 196 Å². The zero-order valence-corrected chi connectivity index (χ0v) is 20.2. The molecule has 0 radical (unpaired) electrons. The molecule has 5 rings (SSSR count). The summed E-state index contributed by atoms with van der Waals surface area (Å²) < 4.78 is 7.13. The number of thiophene rings is 1. The van der Waals surface area contributed by atoms with Gasteiger partial charge in [-0.3, -0.25) is 0 Å². The van der Waals surface area contributed by atoms with Gasteiger partial charge in [0.15, 0.2) is 0 Å². The summed E-state index contributed by atoms with van der Waals surface area (Å²) in [5.74, 6) is 1.60. The summed E-state index contributed by atoms with van der Waals surface area (Å²) in [5.41, 5.74) is 3.98. The Morgan fingerprint density at radius 3 is 2.71 bits per heavy atom. The van der Waals surface area contributed by atoms with Crippen LogP contribution in [0.15, 0.2) is 46.7 Å². The number of hydrogen-bond donors (Lipinski definition) is 1. The zero-order valence-electron chi connectivity index (χ0n) is 18.5. The first kappa shape index (κ1) is 21.4. The summed E-state index contributed by atoms with van der Waals surface area (Å²) in [7, 11) is 0. The van der Waals surface area contributed by atoms with E-state index in [0.717, 1.165) is 29.7 Å². The fraction of sp³-hybridized carbons (Fsp3) is 0.481. The summed E-state index contributed by atoms with van der Waals surface area (Å²) in [4.78, 5) is 3.91. The van der Waals surface area contributed by atoms with Crippen LogP contribution in [0.25, 0.3) is 21.2 Å². The van der Waals surface area contributed by atoms with Crippen LogP contribution in [0, 0.1) is 0 Å². The van der Waals surface area contributed by atoms with E-state index in [1.165, 1.54) is 78.4 Å². The number of fused-ring (bicyclic) bond motifs is 2. The molecule has 3 heterocycles. The number of nitrogens with zero attached hydrogens (tertiary/aromatic N) is 1. The van der Waals surface area contributed by atoms with Crippen molar-refractivity contribution >= 4 is 34.1 Å². The fourth-order valence-corrected chi connectivity index (χ4v) is 7.05. The van der Waals surface area contributed by atoms with Crippen LogP contribution >= 0.6 is 24.0 Å². The van der Waals surface area contributed by atoms with Crippen molar-refractivity contribution < 1.29 is 4.74 Å². The van der Waals surface area contributed by atoms with E-state index < -0.39 is 0 Å². The van der Waals surface area contributed by atoms with Gasteiger partial charge in [0.05, 0.1) is 6.61 Å². The second-order valence-electron chi connectivity index (χ2n) is 9.15. The summed E-state index contributed by atoms with van der Waals surface area (Å²) in [6.07, 6.45) is 9.17. The minimum Gasteiger partial charge on any atom is -0.494 e. The lowest BCUT2D eigenvalue weighted by Gasteiger charge is -2.33. The maximum atomic E-state index is 5.76. The van der Waals surface area contributed by atoms with Gasteiger partial charge in [-0.15, -0.1) is 24.0 Å². The monoisotopic (exact) mass is 451 g/mol. The van der Waals surface area contributed by atoms with Crippen molar-refractivity contribution in [1.82, 2.24) is 4.90 Å². The van der Waals surface area contributed by atoms with Crippen LogP contribution in [0.1, 0.15) is 63.4 Å². The highest BCUT2D eigenvalue weighted by Crippen LogP contribution is 2.44. The maximum absolute atomic E-state index is 5.76. The molecule has 4 heteroatoms. The topological polar surface area (TPSA) is 12.5 Å². The first-order valence-electron chi connectivity index (χ1n) is 11.9. The van der Waals surface area contributed by atoms with Crippen molar-refractivity contribution in [2.45, 2.75) is 68.7 Å². The van der Waals surface area contributed by atoms with E-state index in [4.69, 9.17) is 17.4 Å². The van der Waals surface area contributed by atoms with Crippen LogP contribution in [0.4, 0.5) is 0 Å². The Kier molecular flexibility index (Phi) is 6.59. The van der Waals surface area contributed by atoms with Gasteiger partial charge in [0, 0.05) is 21.0 Å². The van der Waals surface area contributed by atoms with Crippen molar-refractivity contribution in [3.8, 4) is 16.9 Å². The molecule has 2 fully saturated rings. The van der Waals surface area contributed by atoms with Crippen LogP contribution in [-0.4, -0.2) is 30.6 Å². The molecule has 0 aliphatic carbocycles. The molecule has 2 aromatic carbocycles. The molecule has 31 heavy (non-hydrogen) atoms. The number of piperidine rings is 1. The van der Waals surface area contributed by atoms with E-state index in [9.17, 15) is 0 Å². The van der Waals surface area contributed by atoms with E-state index >= 15 is 0 Å². The van der Waals surface area contributed by atoms with Gasteiger partial charge in [-0.1, -0.05) is 31.5 Å². The molecule has 2 nitrogen and oxygen atoms in total. The molecule has 164 valence electrons. The van der Waals surface area contributed by atoms with E-state index in [0.29, 0.717) is 5.92 Å². The normalized spacial score (nSPS) is 22.3. The SMILES string of the molecule is CCCOc1ccc(-c2ccc3scc(C4CCC5CCCCN5CC4)c3c2S)cc1. The molecule has 2 aliphatic heterocycles. The van der Waals surface area contributed by atoms with Gasteiger partial charge >= 0.3 is 0 Å². The highest BCUT2D eigenvalue weighted by atomic mass is 32.1.